The van der Waals surface area contributed by atoms with Crippen molar-refractivity contribution in [3.05, 3.63) is 89.8 Å². The van der Waals surface area contributed by atoms with Gasteiger partial charge in [0.2, 0.25) is 0 Å². The number of fused-ring (bicyclic) bond motifs is 2. The third-order valence-electron chi connectivity index (χ3n) is 5.17. The number of hydrogen-bond donors (Lipinski definition) is 0. The van der Waals surface area contributed by atoms with Crippen LogP contribution in [0.25, 0.3) is 39.4 Å². The van der Waals surface area contributed by atoms with Gasteiger partial charge in [-0.05, 0) is 37.3 Å². The standard InChI is InChI=1S/C22H15N9O/c1-14-3-2-4-18(27-14)31-21(15-5-6-17-25-13-26-30(17)12-15)16-7-10-29(22(32)20(16)28-31)19-11-23-8-9-24-19/h2-13H,1H3. The quantitative estimate of drug-likeness (QED) is 0.432. The average Bonchev–Trinajstić information content (AvgIpc) is 3.44. The summed E-state index contributed by atoms with van der Waals surface area (Å²) < 4.78 is 4.81. The van der Waals surface area contributed by atoms with Crippen molar-refractivity contribution in [3.63, 3.8) is 0 Å². The van der Waals surface area contributed by atoms with Gasteiger partial charge in [0.05, 0.1) is 11.9 Å². The lowest BCUT2D eigenvalue weighted by Gasteiger charge is -2.08. The molecule has 10 nitrogen and oxygen atoms in total. The Morgan fingerprint density at radius 2 is 1.91 bits per heavy atom. The van der Waals surface area contributed by atoms with Crippen LogP contribution in [-0.2, 0) is 0 Å². The van der Waals surface area contributed by atoms with Crippen LogP contribution in [0, 0.1) is 6.92 Å². The second kappa shape index (κ2) is 6.91. The molecule has 6 rings (SSSR count). The van der Waals surface area contributed by atoms with Gasteiger partial charge in [0, 0.05) is 41.4 Å². The summed E-state index contributed by atoms with van der Waals surface area (Å²) in [7, 11) is 0. The van der Waals surface area contributed by atoms with Gasteiger partial charge >= 0.3 is 0 Å². The molecule has 6 aromatic rings. The third kappa shape index (κ3) is 2.77. The van der Waals surface area contributed by atoms with E-state index in [1.54, 1.807) is 27.8 Å². The number of hydrogen-bond acceptors (Lipinski definition) is 7. The molecule has 0 N–H and O–H groups in total. The van der Waals surface area contributed by atoms with E-state index in [1.807, 2.05) is 49.5 Å². The highest BCUT2D eigenvalue weighted by atomic mass is 16.1. The van der Waals surface area contributed by atoms with Crippen LogP contribution in [0.4, 0.5) is 0 Å². The van der Waals surface area contributed by atoms with Crippen molar-refractivity contribution in [2.45, 2.75) is 6.92 Å². The second-order valence-corrected chi connectivity index (χ2v) is 7.19. The van der Waals surface area contributed by atoms with Crippen LogP contribution in [0.3, 0.4) is 0 Å². The molecule has 0 amide bonds. The lowest BCUT2D eigenvalue weighted by Crippen LogP contribution is -2.19. The van der Waals surface area contributed by atoms with E-state index in [0.717, 1.165) is 22.6 Å². The van der Waals surface area contributed by atoms with E-state index in [0.29, 0.717) is 22.5 Å². The predicted octanol–water partition coefficient (Wildman–Crippen LogP) is 2.38. The second-order valence-electron chi connectivity index (χ2n) is 7.19. The van der Waals surface area contributed by atoms with E-state index in [9.17, 15) is 4.79 Å². The highest BCUT2D eigenvalue weighted by Crippen LogP contribution is 2.29. The lowest BCUT2D eigenvalue weighted by molar-refractivity contribution is 0.851. The largest absolute Gasteiger partial charge is 0.284 e. The maximum Gasteiger partial charge on any atom is 0.284 e. The van der Waals surface area contributed by atoms with Crippen molar-refractivity contribution in [3.8, 4) is 22.9 Å². The first-order chi connectivity index (χ1) is 15.7. The van der Waals surface area contributed by atoms with Crippen LogP contribution >= 0.6 is 0 Å². The van der Waals surface area contributed by atoms with E-state index >= 15 is 0 Å². The molecule has 0 radical (unpaired) electrons. The first kappa shape index (κ1) is 18.1. The van der Waals surface area contributed by atoms with Gasteiger partial charge in [-0.15, -0.1) is 0 Å². The van der Waals surface area contributed by atoms with Crippen molar-refractivity contribution >= 4 is 16.6 Å². The highest BCUT2D eigenvalue weighted by molar-refractivity contribution is 5.93. The highest BCUT2D eigenvalue weighted by Gasteiger charge is 2.20. The zero-order valence-corrected chi connectivity index (χ0v) is 16.9. The van der Waals surface area contributed by atoms with Gasteiger partial charge in [-0.1, -0.05) is 6.07 Å². The molecule has 154 valence electrons. The summed E-state index contributed by atoms with van der Waals surface area (Å²) in [5.74, 6) is 1.04. The van der Waals surface area contributed by atoms with Crippen molar-refractivity contribution in [1.29, 1.82) is 0 Å². The Labute approximate surface area is 180 Å². The summed E-state index contributed by atoms with van der Waals surface area (Å²) in [6.07, 6.45) is 9.67. The molecule has 6 aromatic heterocycles. The minimum Gasteiger partial charge on any atom is -0.266 e. The van der Waals surface area contributed by atoms with Crippen molar-refractivity contribution in [2.75, 3.05) is 0 Å². The Morgan fingerprint density at radius 1 is 0.969 bits per heavy atom. The van der Waals surface area contributed by atoms with Gasteiger partial charge in [-0.3, -0.25) is 14.3 Å². The van der Waals surface area contributed by atoms with Gasteiger partial charge in [0.1, 0.15) is 6.33 Å². The van der Waals surface area contributed by atoms with Crippen LogP contribution in [0.2, 0.25) is 0 Å². The normalized spacial score (nSPS) is 11.4. The zero-order valence-electron chi connectivity index (χ0n) is 16.9. The van der Waals surface area contributed by atoms with Crippen LogP contribution in [0.1, 0.15) is 5.69 Å². The summed E-state index contributed by atoms with van der Waals surface area (Å²) in [4.78, 5) is 30.5. The molecule has 10 heteroatoms. The molecule has 0 saturated heterocycles. The molecule has 0 aromatic carbocycles. The SMILES string of the molecule is Cc1cccc(-n2nc3c(=O)n(-c4cnccn4)ccc3c2-c2ccc3ncnn3c2)n1. The maximum absolute atomic E-state index is 13.4. The van der Waals surface area contributed by atoms with Crippen LogP contribution in [-0.4, -0.2) is 43.9 Å². The minimum absolute atomic E-state index is 0.294. The molecule has 0 aliphatic heterocycles. The topological polar surface area (TPSA) is 109 Å². The molecule has 0 saturated carbocycles. The smallest absolute Gasteiger partial charge is 0.266 e. The Hall–Kier alpha value is -4.73. The fourth-order valence-corrected chi connectivity index (χ4v) is 3.72. The van der Waals surface area contributed by atoms with Gasteiger partial charge in [0.25, 0.3) is 5.56 Å². The van der Waals surface area contributed by atoms with E-state index < -0.39 is 0 Å². The lowest BCUT2D eigenvalue weighted by atomic mass is 10.1. The zero-order chi connectivity index (χ0) is 21.7. The number of aromatic nitrogens is 9. The summed E-state index contributed by atoms with van der Waals surface area (Å²) in [6.45, 7) is 1.91. The molecular weight excluding hydrogens is 406 g/mol. The fraction of sp³-hybridized carbons (Fsp3) is 0.0455. The first-order valence-corrected chi connectivity index (χ1v) is 9.83. The summed E-state index contributed by atoms with van der Waals surface area (Å²) in [5, 5.41) is 9.61. The molecule has 0 fully saturated rings. The molecular formula is C22H15N9O. The van der Waals surface area contributed by atoms with E-state index in [-0.39, 0.29) is 5.56 Å². The van der Waals surface area contributed by atoms with E-state index in [4.69, 9.17) is 0 Å². The number of pyridine rings is 3. The van der Waals surface area contributed by atoms with Gasteiger partial charge in [-0.25, -0.2) is 24.1 Å². The summed E-state index contributed by atoms with van der Waals surface area (Å²) >= 11 is 0. The number of nitrogens with zero attached hydrogens (tertiary/aromatic N) is 9. The van der Waals surface area contributed by atoms with Crippen LogP contribution < -0.4 is 5.56 Å². The van der Waals surface area contributed by atoms with Crippen LogP contribution in [0.5, 0.6) is 0 Å². The Bertz CT molecular complexity index is 1660. The molecule has 0 bridgehead atoms. The van der Waals surface area contributed by atoms with Crippen molar-refractivity contribution in [2.24, 2.45) is 0 Å². The molecule has 0 atom stereocenters. The minimum atomic E-state index is -0.294. The summed E-state index contributed by atoms with van der Waals surface area (Å²) in [6, 6.07) is 11.3. The molecule has 6 heterocycles. The van der Waals surface area contributed by atoms with Gasteiger partial charge in [-0.2, -0.15) is 10.2 Å². The Balaban J connectivity index is 1.68. The molecule has 0 spiro atoms. The number of aryl methyl sites for hydroxylation is 1. The monoisotopic (exact) mass is 421 g/mol. The Morgan fingerprint density at radius 3 is 2.75 bits per heavy atom. The molecule has 0 aliphatic carbocycles. The predicted molar refractivity (Wildman–Crippen MR) is 117 cm³/mol. The van der Waals surface area contributed by atoms with Gasteiger partial charge in [0.15, 0.2) is 22.8 Å². The molecule has 32 heavy (non-hydrogen) atoms. The number of rotatable bonds is 3. The van der Waals surface area contributed by atoms with E-state index in [2.05, 4.69) is 30.1 Å². The molecule has 0 aliphatic rings. The van der Waals surface area contributed by atoms with Crippen LogP contribution in [0.15, 0.2) is 78.5 Å². The van der Waals surface area contributed by atoms with Crippen molar-refractivity contribution in [1.82, 2.24) is 43.9 Å². The summed E-state index contributed by atoms with van der Waals surface area (Å²) in [5.41, 5.74) is 3.14. The maximum atomic E-state index is 13.4. The molecule has 0 unspecified atom stereocenters. The Kier molecular flexibility index (Phi) is 3.90. The van der Waals surface area contributed by atoms with E-state index in [1.165, 1.54) is 17.1 Å². The van der Waals surface area contributed by atoms with Crippen molar-refractivity contribution < 1.29 is 0 Å². The average molecular weight is 421 g/mol. The van der Waals surface area contributed by atoms with Gasteiger partial charge < -0.3 is 0 Å². The fourth-order valence-electron chi connectivity index (χ4n) is 3.72. The first-order valence-electron chi connectivity index (χ1n) is 9.83. The third-order valence-corrected chi connectivity index (χ3v) is 5.17.